The number of nitrogens with zero attached hydrogens (tertiary/aromatic N) is 1. The lowest BCUT2D eigenvalue weighted by Crippen LogP contribution is -2.22. The fourth-order valence-electron chi connectivity index (χ4n) is 2.26. The third-order valence-corrected chi connectivity index (χ3v) is 4.33. The van der Waals surface area contributed by atoms with Gasteiger partial charge < -0.3 is 10.6 Å². The Hall–Kier alpha value is -1.87. The topological polar surface area (TPSA) is 82.0 Å². The lowest BCUT2D eigenvalue weighted by Gasteiger charge is -2.12. The Morgan fingerprint density at radius 1 is 1.37 bits per heavy atom. The molecule has 5 nitrogen and oxygen atoms in total. The quantitative estimate of drug-likeness (QED) is 0.884. The van der Waals surface area contributed by atoms with Gasteiger partial charge in [-0.15, -0.1) is 11.3 Å². The Labute approximate surface area is 115 Å². The van der Waals surface area contributed by atoms with Crippen molar-refractivity contribution in [1.29, 1.82) is 5.26 Å². The molecule has 100 valence electrons. The van der Waals surface area contributed by atoms with Crippen LogP contribution in [0.5, 0.6) is 0 Å². The maximum Gasteiger partial charge on any atom is 0.254 e. The predicted molar refractivity (Wildman–Crippen MR) is 73.2 cm³/mol. The first-order chi connectivity index (χ1) is 9.17. The molecule has 6 heteroatoms. The molecule has 0 saturated carbocycles. The lowest BCUT2D eigenvalue weighted by molar-refractivity contribution is -0.115. The van der Waals surface area contributed by atoms with Crippen molar-refractivity contribution in [3.8, 4) is 6.07 Å². The minimum absolute atomic E-state index is 0.174. The number of carbonyl (C=O) groups excluding carboxylic acids is 2. The third-order valence-electron chi connectivity index (χ3n) is 3.12. The van der Waals surface area contributed by atoms with Gasteiger partial charge in [-0.2, -0.15) is 5.26 Å². The number of anilines is 1. The highest BCUT2D eigenvalue weighted by molar-refractivity contribution is 7.17. The number of aryl methyl sites for hydroxylation is 1. The summed E-state index contributed by atoms with van der Waals surface area (Å²) in [5.74, 6) is -0.544. The monoisotopic (exact) mass is 277 g/mol. The van der Waals surface area contributed by atoms with Crippen LogP contribution in [-0.2, 0) is 17.6 Å². The van der Waals surface area contributed by atoms with Crippen molar-refractivity contribution in [2.75, 3.05) is 12.4 Å². The number of rotatable bonds is 3. The van der Waals surface area contributed by atoms with Crippen LogP contribution in [0.25, 0.3) is 0 Å². The summed E-state index contributed by atoms with van der Waals surface area (Å²) in [5.41, 5.74) is 1.64. The van der Waals surface area contributed by atoms with Gasteiger partial charge >= 0.3 is 0 Å². The summed E-state index contributed by atoms with van der Waals surface area (Å²) in [5, 5.41) is 14.4. The highest BCUT2D eigenvalue weighted by atomic mass is 32.1. The minimum atomic E-state index is -0.369. The molecule has 0 unspecified atom stereocenters. The molecule has 0 fully saturated rings. The molecule has 0 bridgehead atoms. The van der Waals surface area contributed by atoms with Crippen LogP contribution in [0.3, 0.4) is 0 Å². The second-order valence-electron chi connectivity index (χ2n) is 4.38. The zero-order valence-corrected chi connectivity index (χ0v) is 11.5. The third kappa shape index (κ3) is 2.76. The van der Waals surface area contributed by atoms with Crippen molar-refractivity contribution < 1.29 is 9.59 Å². The van der Waals surface area contributed by atoms with E-state index in [1.807, 2.05) is 0 Å². The van der Waals surface area contributed by atoms with Gasteiger partial charge in [-0.25, -0.2) is 0 Å². The van der Waals surface area contributed by atoms with Crippen LogP contribution in [0.4, 0.5) is 5.00 Å². The zero-order valence-electron chi connectivity index (χ0n) is 10.7. The molecule has 0 saturated heterocycles. The molecule has 0 atom stereocenters. The molecule has 1 heterocycles. The Morgan fingerprint density at radius 3 is 2.79 bits per heavy atom. The van der Waals surface area contributed by atoms with E-state index in [4.69, 9.17) is 5.26 Å². The van der Waals surface area contributed by atoms with E-state index in [-0.39, 0.29) is 18.2 Å². The van der Waals surface area contributed by atoms with Crippen molar-refractivity contribution in [1.82, 2.24) is 5.32 Å². The first-order valence-corrected chi connectivity index (χ1v) is 7.02. The lowest BCUT2D eigenvalue weighted by atomic mass is 9.95. The van der Waals surface area contributed by atoms with Gasteiger partial charge in [-0.3, -0.25) is 9.59 Å². The predicted octanol–water partition coefficient (Wildman–Crippen LogP) is 1.84. The van der Waals surface area contributed by atoms with Crippen molar-refractivity contribution in [2.24, 2.45) is 0 Å². The summed E-state index contributed by atoms with van der Waals surface area (Å²) >= 11 is 1.46. The normalized spacial score (nSPS) is 13.3. The summed E-state index contributed by atoms with van der Waals surface area (Å²) in [4.78, 5) is 24.7. The van der Waals surface area contributed by atoms with Crippen molar-refractivity contribution in [3.05, 3.63) is 16.0 Å². The van der Waals surface area contributed by atoms with Crippen LogP contribution < -0.4 is 10.6 Å². The average molecular weight is 277 g/mol. The summed E-state index contributed by atoms with van der Waals surface area (Å²) < 4.78 is 0. The van der Waals surface area contributed by atoms with Gasteiger partial charge in [0.05, 0.1) is 11.6 Å². The second kappa shape index (κ2) is 5.85. The van der Waals surface area contributed by atoms with Crippen molar-refractivity contribution >= 4 is 28.2 Å². The molecule has 1 aromatic heterocycles. The van der Waals surface area contributed by atoms with Gasteiger partial charge in [-0.05, 0) is 31.2 Å². The van der Waals surface area contributed by atoms with E-state index in [1.54, 1.807) is 13.1 Å². The van der Waals surface area contributed by atoms with E-state index in [0.29, 0.717) is 10.6 Å². The Morgan fingerprint density at radius 2 is 2.11 bits per heavy atom. The fourth-order valence-corrected chi connectivity index (χ4v) is 3.56. The first kappa shape index (κ1) is 13.6. The van der Waals surface area contributed by atoms with Gasteiger partial charge in [-0.1, -0.05) is 0 Å². The van der Waals surface area contributed by atoms with Crippen LogP contribution in [0.15, 0.2) is 0 Å². The van der Waals surface area contributed by atoms with E-state index >= 15 is 0 Å². The first-order valence-electron chi connectivity index (χ1n) is 6.20. The summed E-state index contributed by atoms with van der Waals surface area (Å²) in [6, 6.07) is 1.80. The SMILES string of the molecule is CNC(=O)c1c(NC(=O)CC#N)sc2c1CCCC2. The van der Waals surface area contributed by atoms with Gasteiger partial charge in [0.1, 0.15) is 11.4 Å². The minimum Gasteiger partial charge on any atom is -0.355 e. The van der Waals surface area contributed by atoms with Crippen molar-refractivity contribution in [2.45, 2.75) is 32.1 Å². The van der Waals surface area contributed by atoms with Crippen molar-refractivity contribution in [3.63, 3.8) is 0 Å². The number of amides is 2. The molecule has 1 aromatic rings. The number of fused-ring (bicyclic) bond motifs is 1. The largest absolute Gasteiger partial charge is 0.355 e. The standard InChI is InChI=1S/C13H15N3O2S/c1-15-12(18)11-8-4-2-3-5-9(8)19-13(11)16-10(17)6-7-14/h2-6H2,1H3,(H,15,18)(H,16,17). The van der Waals surface area contributed by atoms with Crippen LogP contribution in [-0.4, -0.2) is 18.9 Å². The fraction of sp³-hybridized carbons (Fsp3) is 0.462. The molecule has 19 heavy (non-hydrogen) atoms. The highest BCUT2D eigenvalue weighted by Gasteiger charge is 2.25. The number of nitrogens with one attached hydrogen (secondary N) is 2. The van der Waals surface area contributed by atoms with Crippen LogP contribution in [0, 0.1) is 11.3 Å². The van der Waals surface area contributed by atoms with E-state index in [9.17, 15) is 9.59 Å². The zero-order chi connectivity index (χ0) is 13.8. The summed E-state index contributed by atoms with van der Waals surface area (Å²) in [6.45, 7) is 0. The molecular formula is C13H15N3O2S. The number of nitriles is 1. The van der Waals surface area contributed by atoms with E-state index in [1.165, 1.54) is 16.2 Å². The second-order valence-corrected chi connectivity index (χ2v) is 5.48. The Balaban J connectivity index is 2.36. The molecule has 0 aromatic carbocycles. The summed E-state index contributed by atoms with van der Waals surface area (Å²) in [7, 11) is 1.58. The molecular weight excluding hydrogens is 262 g/mol. The molecule has 2 N–H and O–H groups in total. The number of carbonyl (C=O) groups is 2. The average Bonchev–Trinajstić information content (AvgIpc) is 2.75. The Bertz CT molecular complexity index is 557. The van der Waals surface area contributed by atoms with E-state index in [0.717, 1.165) is 31.2 Å². The molecule has 0 radical (unpaired) electrons. The maximum absolute atomic E-state index is 12.0. The molecule has 0 aliphatic heterocycles. The number of thiophene rings is 1. The smallest absolute Gasteiger partial charge is 0.254 e. The van der Waals surface area contributed by atoms with Gasteiger partial charge in [0.25, 0.3) is 5.91 Å². The molecule has 2 amide bonds. The van der Waals surface area contributed by atoms with Crippen LogP contribution in [0.2, 0.25) is 0 Å². The van der Waals surface area contributed by atoms with Gasteiger partial charge in [0, 0.05) is 11.9 Å². The number of hydrogen-bond acceptors (Lipinski definition) is 4. The Kier molecular flexibility index (Phi) is 4.17. The van der Waals surface area contributed by atoms with Crippen LogP contribution in [0.1, 0.15) is 40.1 Å². The van der Waals surface area contributed by atoms with Gasteiger partial charge in [0.2, 0.25) is 5.91 Å². The molecule has 0 spiro atoms. The summed E-state index contributed by atoms with van der Waals surface area (Å²) in [6.07, 6.45) is 3.82. The molecule has 2 rings (SSSR count). The van der Waals surface area contributed by atoms with Crippen LogP contribution >= 0.6 is 11.3 Å². The highest BCUT2D eigenvalue weighted by Crippen LogP contribution is 2.38. The van der Waals surface area contributed by atoms with E-state index in [2.05, 4.69) is 10.6 Å². The molecule has 1 aliphatic rings. The van der Waals surface area contributed by atoms with E-state index < -0.39 is 0 Å². The van der Waals surface area contributed by atoms with Gasteiger partial charge in [0.15, 0.2) is 0 Å². The maximum atomic E-state index is 12.0. The molecule has 1 aliphatic carbocycles. The number of hydrogen-bond donors (Lipinski definition) is 2.